The zero-order valence-electron chi connectivity index (χ0n) is 7.84. The Bertz CT molecular complexity index is 190. The van der Waals surface area contributed by atoms with Gasteiger partial charge in [-0.05, 0) is 35.2 Å². The molecule has 1 aromatic rings. The molecule has 0 aromatic carbocycles. The quantitative estimate of drug-likeness (QED) is 0.740. The zero-order chi connectivity index (χ0) is 8.81. The molecule has 0 aliphatic carbocycles. The van der Waals surface area contributed by atoms with Crippen LogP contribution in [0.5, 0.6) is 0 Å². The Labute approximate surface area is 78.8 Å². The van der Waals surface area contributed by atoms with Gasteiger partial charge in [0.2, 0.25) is 0 Å². The summed E-state index contributed by atoms with van der Waals surface area (Å²) in [6, 6.07) is 2.87. The van der Waals surface area contributed by atoms with Gasteiger partial charge in [0.1, 0.15) is 0 Å². The van der Waals surface area contributed by atoms with Crippen LogP contribution < -0.4 is 5.32 Å². The summed E-state index contributed by atoms with van der Waals surface area (Å²) in [4.78, 5) is 0. The predicted octanol–water partition coefficient (Wildman–Crippen LogP) is 3.03. The molecule has 0 atom stereocenters. The molecular weight excluding hydrogens is 166 g/mol. The van der Waals surface area contributed by atoms with E-state index in [1.165, 1.54) is 18.4 Å². The Morgan fingerprint density at radius 2 is 2.17 bits per heavy atom. The van der Waals surface area contributed by atoms with Crippen molar-refractivity contribution in [3.63, 3.8) is 0 Å². The maximum absolute atomic E-state index is 3.53. The molecule has 68 valence electrons. The van der Waals surface area contributed by atoms with Crippen molar-refractivity contribution in [2.45, 2.75) is 39.3 Å². The van der Waals surface area contributed by atoms with Gasteiger partial charge in [0.05, 0.1) is 0 Å². The number of rotatable bonds is 5. The molecule has 1 N–H and O–H groups in total. The van der Waals surface area contributed by atoms with Gasteiger partial charge in [0, 0.05) is 12.6 Å². The first-order valence-corrected chi connectivity index (χ1v) is 5.55. The third-order valence-electron chi connectivity index (χ3n) is 2.16. The van der Waals surface area contributed by atoms with E-state index in [0.29, 0.717) is 6.04 Å². The average Bonchev–Trinajstić information content (AvgIpc) is 2.59. The Balaban J connectivity index is 2.25. The van der Waals surface area contributed by atoms with E-state index < -0.39 is 0 Å². The van der Waals surface area contributed by atoms with Gasteiger partial charge in [-0.15, -0.1) is 0 Å². The van der Waals surface area contributed by atoms with E-state index >= 15 is 0 Å². The summed E-state index contributed by atoms with van der Waals surface area (Å²) in [5, 5.41) is 7.86. The Morgan fingerprint density at radius 1 is 1.42 bits per heavy atom. The van der Waals surface area contributed by atoms with Gasteiger partial charge in [-0.1, -0.05) is 13.8 Å². The van der Waals surface area contributed by atoms with Gasteiger partial charge < -0.3 is 5.32 Å². The van der Waals surface area contributed by atoms with Crippen LogP contribution in [0.4, 0.5) is 0 Å². The maximum atomic E-state index is 3.53. The minimum atomic E-state index is 0.685. The number of hydrogen-bond donors (Lipinski definition) is 1. The summed E-state index contributed by atoms with van der Waals surface area (Å²) in [6.07, 6.45) is 2.45. The fourth-order valence-electron chi connectivity index (χ4n) is 1.23. The monoisotopic (exact) mass is 183 g/mol. The molecule has 1 nitrogen and oxygen atoms in total. The Morgan fingerprint density at radius 3 is 2.67 bits per heavy atom. The first-order chi connectivity index (χ1) is 5.86. The lowest BCUT2D eigenvalue weighted by Crippen LogP contribution is -2.26. The molecule has 0 spiro atoms. The molecule has 0 aliphatic rings. The van der Waals surface area contributed by atoms with E-state index in [-0.39, 0.29) is 0 Å². The molecule has 12 heavy (non-hydrogen) atoms. The lowest BCUT2D eigenvalue weighted by Gasteiger charge is -2.13. The van der Waals surface area contributed by atoms with Gasteiger partial charge in [-0.2, -0.15) is 11.3 Å². The van der Waals surface area contributed by atoms with Crippen molar-refractivity contribution < 1.29 is 0 Å². The first-order valence-electron chi connectivity index (χ1n) is 4.61. The minimum absolute atomic E-state index is 0.685. The van der Waals surface area contributed by atoms with Crippen molar-refractivity contribution in [3.8, 4) is 0 Å². The van der Waals surface area contributed by atoms with Gasteiger partial charge in [0.25, 0.3) is 0 Å². The standard InChI is InChI=1S/C10H17NS/c1-3-10(4-2)11-7-9-5-6-12-8-9/h5-6,8,10-11H,3-4,7H2,1-2H3. The fraction of sp³-hybridized carbons (Fsp3) is 0.600. The third-order valence-corrected chi connectivity index (χ3v) is 2.89. The molecule has 0 saturated heterocycles. The van der Waals surface area contributed by atoms with Crippen LogP contribution in [0.15, 0.2) is 16.8 Å². The van der Waals surface area contributed by atoms with Gasteiger partial charge in [-0.25, -0.2) is 0 Å². The second-order valence-corrected chi connectivity index (χ2v) is 3.81. The van der Waals surface area contributed by atoms with Crippen LogP contribution in [0.3, 0.4) is 0 Å². The third kappa shape index (κ3) is 2.95. The van der Waals surface area contributed by atoms with E-state index in [1.807, 2.05) is 0 Å². The highest BCUT2D eigenvalue weighted by Gasteiger charge is 2.01. The highest BCUT2D eigenvalue weighted by Crippen LogP contribution is 2.06. The predicted molar refractivity (Wildman–Crippen MR) is 55.5 cm³/mol. The normalized spacial score (nSPS) is 10.9. The molecule has 0 bridgehead atoms. The van der Waals surface area contributed by atoms with Crippen LogP contribution >= 0.6 is 11.3 Å². The van der Waals surface area contributed by atoms with Crippen molar-refractivity contribution >= 4 is 11.3 Å². The van der Waals surface area contributed by atoms with Crippen LogP contribution in [-0.2, 0) is 6.54 Å². The molecule has 1 aromatic heterocycles. The van der Waals surface area contributed by atoms with Gasteiger partial charge in [-0.3, -0.25) is 0 Å². The molecule has 0 radical (unpaired) electrons. The van der Waals surface area contributed by atoms with E-state index in [2.05, 4.69) is 36.0 Å². The molecule has 2 heteroatoms. The van der Waals surface area contributed by atoms with Crippen LogP contribution in [-0.4, -0.2) is 6.04 Å². The van der Waals surface area contributed by atoms with E-state index in [0.717, 1.165) is 6.54 Å². The van der Waals surface area contributed by atoms with Gasteiger partial charge in [0.15, 0.2) is 0 Å². The average molecular weight is 183 g/mol. The molecule has 0 saturated carbocycles. The Hall–Kier alpha value is -0.340. The van der Waals surface area contributed by atoms with Crippen LogP contribution in [0.2, 0.25) is 0 Å². The highest BCUT2D eigenvalue weighted by molar-refractivity contribution is 7.07. The summed E-state index contributed by atoms with van der Waals surface area (Å²) in [6.45, 7) is 5.49. The molecule has 1 heterocycles. The van der Waals surface area contributed by atoms with Crippen LogP contribution in [0.1, 0.15) is 32.3 Å². The number of hydrogen-bond acceptors (Lipinski definition) is 2. The lowest BCUT2D eigenvalue weighted by molar-refractivity contribution is 0.484. The molecule has 0 aliphatic heterocycles. The largest absolute Gasteiger partial charge is 0.310 e. The molecule has 0 unspecified atom stereocenters. The van der Waals surface area contributed by atoms with E-state index in [9.17, 15) is 0 Å². The SMILES string of the molecule is CCC(CC)NCc1ccsc1. The lowest BCUT2D eigenvalue weighted by atomic mass is 10.1. The van der Waals surface area contributed by atoms with E-state index in [4.69, 9.17) is 0 Å². The summed E-state index contributed by atoms with van der Waals surface area (Å²) < 4.78 is 0. The van der Waals surface area contributed by atoms with Crippen LogP contribution in [0, 0.1) is 0 Å². The fourth-order valence-corrected chi connectivity index (χ4v) is 1.90. The maximum Gasteiger partial charge on any atom is 0.0216 e. The minimum Gasteiger partial charge on any atom is -0.310 e. The van der Waals surface area contributed by atoms with E-state index in [1.54, 1.807) is 11.3 Å². The zero-order valence-corrected chi connectivity index (χ0v) is 8.66. The molecule has 0 fully saturated rings. The van der Waals surface area contributed by atoms with Crippen molar-refractivity contribution in [1.82, 2.24) is 5.32 Å². The molecular formula is C10H17NS. The smallest absolute Gasteiger partial charge is 0.0216 e. The van der Waals surface area contributed by atoms with Crippen molar-refractivity contribution in [2.24, 2.45) is 0 Å². The first kappa shape index (κ1) is 9.75. The Kier molecular flexibility index (Phi) is 4.33. The van der Waals surface area contributed by atoms with Crippen LogP contribution in [0.25, 0.3) is 0 Å². The number of thiophene rings is 1. The summed E-state index contributed by atoms with van der Waals surface area (Å²) in [5.41, 5.74) is 1.41. The summed E-state index contributed by atoms with van der Waals surface area (Å²) in [7, 11) is 0. The second kappa shape index (κ2) is 5.33. The van der Waals surface area contributed by atoms with Crippen molar-refractivity contribution in [3.05, 3.63) is 22.4 Å². The molecule has 1 rings (SSSR count). The summed E-state index contributed by atoms with van der Waals surface area (Å²) >= 11 is 1.77. The summed E-state index contributed by atoms with van der Waals surface area (Å²) in [5.74, 6) is 0. The highest BCUT2D eigenvalue weighted by atomic mass is 32.1. The second-order valence-electron chi connectivity index (χ2n) is 3.03. The van der Waals surface area contributed by atoms with Gasteiger partial charge >= 0.3 is 0 Å². The van der Waals surface area contributed by atoms with Crippen molar-refractivity contribution in [2.75, 3.05) is 0 Å². The van der Waals surface area contributed by atoms with Crippen molar-refractivity contribution in [1.29, 1.82) is 0 Å². The topological polar surface area (TPSA) is 12.0 Å². The molecule has 0 amide bonds. The number of nitrogens with one attached hydrogen (secondary N) is 1.